The van der Waals surface area contributed by atoms with Gasteiger partial charge in [-0.2, -0.15) is 0 Å². The van der Waals surface area contributed by atoms with Crippen molar-refractivity contribution in [3.8, 4) is 0 Å². The first-order valence-corrected chi connectivity index (χ1v) is 7.16. The number of halogens is 1. The van der Waals surface area contributed by atoms with Crippen molar-refractivity contribution in [3.05, 3.63) is 57.5 Å². The summed E-state index contributed by atoms with van der Waals surface area (Å²) in [5, 5.41) is 8.90. The van der Waals surface area contributed by atoms with Gasteiger partial charge < -0.3 is 10.1 Å². The average Bonchev–Trinajstić information content (AvgIpc) is 2.41. The molecular formula is C14H15FN2O2S. The maximum Gasteiger partial charge on any atom is 0.254 e. The zero-order chi connectivity index (χ0) is 14.5. The van der Waals surface area contributed by atoms with Crippen LogP contribution in [0.3, 0.4) is 0 Å². The summed E-state index contributed by atoms with van der Waals surface area (Å²) in [6, 6.07) is 6.27. The predicted octanol–water partition coefficient (Wildman–Crippen LogP) is 2.04. The molecule has 2 rings (SSSR count). The number of benzene rings is 1. The average molecular weight is 294 g/mol. The van der Waals surface area contributed by atoms with Crippen LogP contribution < -0.4 is 5.56 Å². The lowest BCUT2D eigenvalue weighted by Crippen LogP contribution is -2.19. The van der Waals surface area contributed by atoms with E-state index in [1.165, 1.54) is 23.9 Å². The van der Waals surface area contributed by atoms with E-state index in [0.717, 1.165) is 4.90 Å². The van der Waals surface area contributed by atoms with Crippen LogP contribution in [0.1, 0.15) is 17.1 Å². The van der Waals surface area contributed by atoms with Gasteiger partial charge in [0.1, 0.15) is 11.6 Å². The summed E-state index contributed by atoms with van der Waals surface area (Å²) < 4.78 is 13.0. The third-order valence-corrected chi connectivity index (χ3v) is 3.81. The topological polar surface area (TPSA) is 66.0 Å². The van der Waals surface area contributed by atoms with E-state index in [-0.39, 0.29) is 18.0 Å². The molecule has 2 aromatic rings. The Morgan fingerprint density at radius 3 is 2.90 bits per heavy atom. The molecule has 1 aromatic heterocycles. The normalized spacial score (nSPS) is 10.8. The van der Waals surface area contributed by atoms with E-state index in [2.05, 4.69) is 9.97 Å². The highest BCUT2D eigenvalue weighted by Gasteiger charge is 2.08. The standard InChI is InChI=1S/C14H15FN2O2S/c1-9-12(5-6-18)14(19)17-13(16-9)8-20-11-4-2-3-10(15)7-11/h2-4,7,18H,5-6,8H2,1H3,(H,16,17,19). The number of nitrogens with zero attached hydrogens (tertiary/aromatic N) is 1. The number of aliphatic hydroxyl groups excluding tert-OH is 1. The van der Waals surface area contributed by atoms with E-state index in [4.69, 9.17) is 5.11 Å². The summed E-state index contributed by atoms with van der Waals surface area (Å²) in [5.41, 5.74) is 0.908. The number of H-pyrrole nitrogens is 1. The van der Waals surface area contributed by atoms with E-state index in [0.29, 0.717) is 29.3 Å². The second-order valence-electron chi connectivity index (χ2n) is 4.30. The first-order valence-electron chi connectivity index (χ1n) is 6.18. The van der Waals surface area contributed by atoms with Gasteiger partial charge in [-0.15, -0.1) is 11.8 Å². The van der Waals surface area contributed by atoms with Crippen molar-refractivity contribution in [2.75, 3.05) is 6.61 Å². The van der Waals surface area contributed by atoms with Crippen LogP contribution in [0, 0.1) is 12.7 Å². The van der Waals surface area contributed by atoms with Gasteiger partial charge in [-0.25, -0.2) is 9.37 Å². The molecular weight excluding hydrogens is 279 g/mol. The first-order chi connectivity index (χ1) is 9.60. The molecule has 0 aliphatic carbocycles. The summed E-state index contributed by atoms with van der Waals surface area (Å²) in [6.45, 7) is 1.67. The van der Waals surface area contributed by atoms with Gasteiger partial charge in [-0.3, -0.25) is 4.79 Å². The van der Waals surface area contributed by atoms with Gasteiger partial charge in [0.15, 0.2) is 0 Å². The van der Waals surface area contributed by atoms with Gasteiger partial charge in [0.05, 0.1) is 5.75 Å². The van der Waals surface area contributed by atoms with Crippen LogP contribution in [0.5, 0.6) is 0 Å². The van der Waals surface area contributed by atoms with Crippen molar-refractivity contribution in [2.24, 2.45) is 0 Å². The SMILES string of the molecule is Cc1nc(CSc2cccc(F)c2)[nH]c(=O)c1CCO. The number of thioether (sulfide) groups is 1. The van der Waals surface area contributed by atoms with Crippen LogP contribution in [0.25, 0.3) is 0 Å². The van der Waals surface area contributed by atoms with Gasteiger partial charge in [0.25, 0.3) is 5.56 Å². The van der Waals surface area contributed by atoms with Crippen LogP contribution in [0.4, 0.5) is 4.39 Å². The molecule has 1 aromatic carbocycles. The molecule has 4 nitrogen and oxygen atoms in total. The lowest BCUT2D eigenvalue weighted by molar-refractivity contribution is 0.298. The molecule has 0 aliphatic rings. The molecule has 0 bridgehead atoms. The zero-order valence-corrected chi connectivity index (χ0v) is 11.8. The Morgan fingerprint density at radius 1 is 1.45 bits per heavy atom. The van der Waals surface area contributed by atoms with Crippen LogP contribution in [-0.2, 0) is 12.2 Å². The smallest absolute Gasteiger partial charge is 0.254 e. The molecule has 106 valence electrons. The highest BCUT2D eigenvalue weighted by atomic mass is 32.2. The maximum absolute atomic E-state index is 13.0. The molecule has 2 N–H and O–H groups in total. The van der Waals surface area contributed by atoms with Gasteiger partial charge in [-0.05, 0) is 25.1 Å². The second kappa shape index (κ2) is 6.67. The molecule has 0 atom stereocenters. The van der Waals surface area contributed by atoms with Gasteiger partial charge in [0.2, 0.25) is 0 Å². The molecule has 0 radical (unpaired) electrons. The Bertz CT molecular complexity index is 658. The molecule has 0 unspecified atom stereocenters. The summed E-state index contributed by atoms with van der Waals surface area (Å²) in [6.07, 6.45) is 0.297. The van der Waals surface area contributed by atoms with Crippen molar-refractivity contribution in [3.63, 3.8) is 0 Å². The number of aliphatic hydroxyl groups is 1. The minimum Gasteiger partial charge on any atom is -0.396 e. The molecule has 20 heavy (non-hydrogen) atoms. The minimum absolute atomic E-state index is 0.0804. The largest absolute Gasteiger partial charge is 0.396 e. The quantitative estimate of drug-likeness (QED) is 0.828. The maximum atomic E-state index is 13.0. The predicted molar refractivity (Wildman–Crippen MR) is 76.3 cm³/mol. The third kappa shape index (κ3) is 3.68. The monoisotopic (exact) mass is 294 g/mol. The second-order valence-corrected chi connectivity index (χ2v) is 5.34. The van der Waals surface area contributed by atoms with Crippen LogP contribution >= 0.6 is 11.8 Å². The van der Waals surface area contributed by atoms with Crippen LogP contribution in [0.15, 0.2) is 34.0 Å². The van der Waals surface area contributed by atoms with Crippen molar-refractivity contribution in [1.82, 2.24) is 9.97 Å². The van der Waals surface area contributed by atoms with Gasteiger partial charge >= 0.3 is 0 Å². The van der Waals surface area contributed by atoms with Crippen molar-refractivity contribution < 1.29 is 9.50 Å². The van der Waals surface area contributed by atoms with Crippen LogP contribution in [-0.4, -0.2) is 21.7 Å². The number of aromatic nitrogens is 2. The fourth-order valence-electron chi connectivity index (χ4n) is 1.85. The van der Waals surface area contributed by atoms with E-state index in [1.54, 1.807) is 19.1 Å². The highest BCUT2D eigenvalue weighted by Crippen LogP contribution is 2.21. The number of rotatable bonds is 5. The number of nitrogens with one attached hydrogen (secondary N) is 1. The molecule has 1 heterocycles. The fourth-order valence-corrected chi connectivity index (χ4v) is 2.66. The number of aryl methyl sites for hydroxylation is 1. The lowest BCUT2D eigenvalue weighted by atomic mass is 10.2. The van der Waals surface area contributed by atoms with Crippen molar-refractivity contribution >= 4 is 11.8 Å². The lowest BCUT2D eigenvalue weighted by Gasteiger charge is -2.06. The molecule has 0 amide bonds. The first kappa shape index (κ1) is 14.7. The zero-order valence-electron chi connectivity index (χ0n) is 11.0. The van der Waals surface area contributed by atoms with Crippen molar-refractivity contribution in [2.45, 2.75) is 24.0 Å². The summed E-state index contributed by atoms with van der Waals surface area (Å²) in [4.78, 5) is 19.6. The molecule has 0 aliphatic heterocycles. The van der Waals surface area contributed by atoms with Gasteiger partial charge in [-0.1, -0.05) is 6.07 Å². The highest BCUT2D eigenvalue weighted by molar-refractivity contribution is 7.98. The van der Waals surface area contributed by atoms with E-state index in [1.807, 2.05) is 0 Å². The Labute approximate surface area is 120 Å². The Kier molecular flexibility index (Phi) is 4.92. The minimum atomic E-state index is -0.286. The van der Waals surface area contributed by atoms with E-state index in [9.17, 15) is 9.18 Å². The molecule has 0 saturated carbocycles. The summed E-state index contributed by atoms with van der Waals surface area (Å²) in [5.74, 6) is 0.716. The summed E-state index contributed by atoms with van der Waals surface area (Å²) in [7, 11) is 0. The van der Waals surface area contributed by atoms with E-state index < -0.39 is 0 Å². The molecule has 0 fully saturated rings. The van der Waals surface area contributed by atoms with Gasteiger partial charge in [0, 0.05) is 29.2 Å². The Morgan fingerprint density at radius 2 is 2.25 bits per heavy atom. The molecule has 0 spiro atoms. The van der Waals surface area contributed by atoms with Crippen molar-refractivity contribution in [1.29, 1.82) is 0 Å². The fraction of sp³-hybridized carbons (Fsp3) is 0.286. The van der Waals surface area contributed by atoms with Crippen LogP contribution in [0.2, 0.25) is 0 Å². The Hall–Kier alpha value is -1.66. The number of hydrogen-bond acceptors (Lipinski definition) is 4. The number of hydrogen-bond donors (Lipinski definition) is 2. The molecule has 0 saturated heterocycles. The summed E-state index contributed by atoms with van der Waals surface area (Å²) >= 11 is 1.40. The number of aromatic amines is 1. The van der Waals surface area contributed by atoms with E-state index >= 15 is 0 Å². The third-order valence-electron chi connectivity index (χ3n) is 2.80. The molecule has 6 heteroatoms. The Balaban J connectivity index is 2.13.